The molecule has 2 aromatic heterocycles. The van der Waals surface area contributed by atoms with Gasteiger partial charge in [0.05, 0.1) is 5.57 Å². The zero-order valence-electron chi connectivity index (χ0n) is 20.9. The van der Waals surface area contributed by atoms with Crippen molar-refractivity contribution in [2.24, 2.45) is 16.8 Å². The molecule has 7 heteroatoms. The highest BCUT2D eigenvalue weighted by atomic mass is 32.1. The van der Waals surface area contributed by atoms with E-state index in [9.17, 15) is 19.2 Å². The lowest BCUT2D eigenvalue weighted by atomic mass is 9.81. The van der Waals surface area contributed by atoms with Crippen LogP contribution in [0.1, 0.15) is 62.4 Å². The van der Waals surface area contributed by atoms with Crippen molar-refractivity contribution in [2.75, 3.05) is 0 Å². The summed E-state index contributed by atoms with van der Waals surface area (Å²) in [6, 6.07) is 11.0. The molecular formula is C31H23NO4S2. The molecule has 2 saturated carbocycles. The molecule has 0 N–H and O–H groups in total. The van der Waals surface area contributed by atoms with Crippen molar-refractivity contribution in [2.45, 2.75) is 39.5 Å². The van der Waals surface area contributed by atoms with Gasteiger partial charge in [-0.25, -0.2) is 4.99 Å². The summed E-state index contributed by atoms with van der Waals surface area (Å²) < 4.78 is 2.16. The summed E-state index contributed by atoms with van der Waals surface area (Å²) in [6.45, 7) is 4.12. The summed E-state index contributed by atoms with van der Waals surface area (Å²) >= 11 is 3.06. The summed E-state index contributed by atoms with van der Waals surface area (Å²) in [5.41, 5.74) is 3.44. The first-order chi connectivity index (χ1) is 18.3. The number of ketones is 4. The molecule has 2 atom stereocenters. The molecule has 38 heavy (non-hydrogen) atoms. The lowest BCUT2D eigenvalue weighted by Crippen LogP contribution is -2.21. The molecule has 3 aliphatic carbocycles. The first kappa shape index (κ1) is 23.6. The zero-order chi connectivity index (χ0) is 26.3. The number of hydrogen-bond acceptors (Lipinski definition) is 7. The lowest BCUT2D eigenvalue weighted by molar-refractivity contribution is -0.120. The van der Waals surface area contributed by atoms with Crippen LogP contribution >= 0.6 is 22.7 Å². The molecule has 7 rings (SSSR count). The Morgan fingerprint density at radius 3 is 1.95 bits per heavy atom. The molecule has 0 bridgehead atoms. The van der Waals surface area contributed by atoms with Gasteiger partial charge in [-0.1, -0.05) is 37.1 Å². The van der Waals surface area contributed by atoms with Crippen molar-refractivity contribution in [3.8, 4) is 0 Å². The summed E-state index contributed by atoms with van der Waals surface area (Å²) in [4.78, 5) is 57.1. The third-order valence-electron chi connectivity index (χ3n) is 8.28. The number of hydrogen-bond donors (Lipinski definition) is 0. The average molecular weight is 538 g/mol. The van der Waals surface area contributed by atoms with E-state index in [2.05, 4.69) is 18.8 Å². The Morgan fingerprint density at radius 2 is 1.34 bits per heavy atom. The summed E-state index contributed by atoms with van der Waals surface area (Å²) in [5.74, 6) is -0.978. The SMILES string of the molecule is Cc1c2cc(N=C3C(=O)C4CCCCC4C3=O)sc2c(C)c2cc(C=C3C(=O)c4ccccc4C3=O)sc12. The minimum absolute atomic E-state index is 0.0811. The third-order valence-corrected chi connectivity index (χ3v) is 10.6. The quantitative estimate of drug-likeness (QED) is 0.200. The molecule has 0 saturated heterocycles. The molecule has 3 aliphatic rings. The van der Waals surface area contributed by atoms with Gasteiger partial charge >= 0.3 is 0 Å². The van der Waals surface area contributed by atoms with E-state index in [0.717, 1.165) is 61.9 Å². The monoisotopic (exact) mass is 537 g/mol. The highest BCUT2D eigenvalue weighted by Gasteiger charge is 2.47. The van der Waals surface area contributed by atoms with Crippen LogP contribution in [0.5, 0.6) is 0 Å². The number of carbonyl (C=O) groups excluding carboxylic acids is 4. The standard InChI is InChI=1S/C31H23NO4S2/c1-14-21-11-16(12-23-26(33)17-7-3-4-8-18(17)27(23)34)37-30(21)15(2)22-13-24(38-31(14)22)32-25-28(35)19-9-5-6-10-20(19)29(25)36/h3-4,7-8,11-13,19-20H,5-6,9-10H2,1-2H3. The summed E-state index contributed by atoms with van der Waals surface area (Å²) in [5, 5.41) is 2.81. The summed E-state index contributed by atoms with van der Waals surface area (Å²) in [6.07, 6.45) is 5.29. The van der Waals surface area contributed by atoms with Gasteiger partial charge in [0.25, 0.3) is 0 Å². The van der Waals surface area contributed by atoms with Crippen molar-refractivity contribution >= 4 is 82.8 Å². The largest absolute Gasteiger partial charge is 0.292 e. The molecule has 5 nitrogen and oxygen atoms in total. The molecule has 0 aliphatic heterocycles. The van der Waals surface area contributed by atoms with E-state index in [1.54, 1.807) is 41.7 Å². The second kappa shape index (κ2) is 8.48. The van der Waals surface area contributed by atoms with Crippen LogP contribution in [0, 0.1) is 25.7 Å². The Morgan fingerprint density at radius 1 is 0.789 bits per heavy atom. The first-order valence-electron chi connectivity index (χ1n) is 12.9. The molecular weight excluding hydrogens is 514 g/mol. The molecule has 4 aromatic rings. The number of Topliss-reactive ketones (excluding diaryl/α,β-unsaturated/α-hetero) is 4. The fraction of sp³-hybridized carbons (Fsp3) is 0.258. The number of aliphatic imine (C=N–C) groups is 1. The van der Waals surface area contributed by atoms with E-state index >= 15 is 0 Å². The molecule has 2 fully saturated rings. The van der Waals surface area contributed by atoms with Gasteiger partial charge in [0.2, 0.25) is 0 Å². The van der Waals surface area contributed by atoms with Crippen LogP contribution in [0.25, 0.3) is 26.2 Å². The van der Waals surface area contributed by atoms with Crippen LogP contribution in [-0.2, 0) is 9.59 Å². The maximum absolute atomic E-state index is 13.0. The van der Waals surface area contributed by atoms with Crippen molar-refractivity contribution in [1.29, 1.82) is 0 Å². The molecule has 188 valence electrons. The van der Waals surface area contributed by atoms with Crippen molar-refractivity contribution < 1.29 is 19.2 Å². The van der Waals surface area contributed by atoms with Gasteiger partial charge in [0, 0.05) is 37.2 Å². The Kier molecular flexibility index (Phi) is 5.26. The average Bonchev–Trinajstić information content (AvgIpc) is 3.67. The Bertz CT molecular complexity index is 1710. The van der Waals surface area contributed by atoms with E-state index in [4.69, 9.17) is 0 Å². The number of nitrogens with zero attached hydrogens (tertiary/aromatic N) is 1. The number of carbonyl (C=O) groups is 4. The number of rotatable bonds is 2. The van der Waals surface area contributed by atoms with Crippen LogP contribution in [0.2, 0.25) is 0 Å². The van der Waals surface area contributed by atoms with Crippen molar-refractivity contribution in [3.63, 3.8) is 0 Å². The number of allylic oxidation sites excluding steroid dienone is 1. The Hall–Kier alpha value is -3.55. The minimum Gasteiger partial charge on any atom is -0.292 e. The van der Waals surface area contributed by atoms with Gasteiger partial charge in [-0.15, -0.1) is 22.7 Å². The van der Waals surface area contributed by atoms with E-state index in [0.29, 0.717) is 16.1 Å². The van der Waals surface area contributed by atoms with Crippen molar-refractivity contribution in [1.82, 2.24) is 0 Å². The topological polar surface area (TPSA) is 80.6 Å². The number of benzene rings is 2. The molecule has 2 unspecified atom stereocenters. The fourth-order valence-electron chi connectivity index (χ4n) is 6.27. The van der Waals surface area contributed by atoms with E-state index in [-0.39, 0.29) is 46.3 Å². The first-order valence-corrected chi connectivity index (χ1v) is 14.5. The Balaban J connectivity index is 1.29. The predicted octanol–water partition coefficient (Wildman–Crippen LogP) is 7.23. The van der Waals surface area contributed by atoms with Gasteiger partial charge in [-0.05, 0) is 66.8 Å². The molecule has 0 spiro atoms. The molecule has 0 amide bonds. The zero-order valence-corrected chi connectivity index (χ0v) is 22.6. The molecule has 2 aromatic carbocycles. The van der Waals surface area contributed by atoms with Gasteiger partial charge in [0.15, 0.2) is 28.8 Å². The number of fused-ring (bicyclic) bond motifs is 4. The van der Waals surface area contributed by atoms with Crippen LogP contribution < -0.4 is 0 Å². The van der Waals surface area contributed by atoms with Crippen LogP contribution in [0.3, 0.4) is 0 Å². The normalized spacial score (nSPS) is 21.1. The summed E-state index contributed by atoms with van der Waals surface area (Å²) in [7, 11) is 0. The smallest absolute Gasteiger partial charge is 0.197 e. The second-order valence-corrected chi connectivity index (χ2v) is 12.5. The van der Waals surface area contributed by atoms with E-state index < -0.39 is 0 Å². The van der Waals surface area contributed by atoms with Gasteiger partial charge in [-0.3, -0.25) is 19.2 Å². The van der Waals surface area contributed by atoms with Crippen LogP contribution in [0.4, 0.5) is 5.00 Å². The van der Waals surface area contributed by atoms with Crippen LogP contribution in [0.15, 0.2) is 47.0 Å². The fourth-order valence-corrected chi connectivity index (χ4v) is 8.55. The predicted molar refractivity (Wildman–Crippen MR) is 152 cm³/mol. The van der Waals surface area contributed by atoms with Crippen molar-refractivity contribution in [3.05, 3.63) is 69.1 Å². The van der Waals surface area contributed by atoms with E-state index in [1.807, 2.05) is 12.1 Å². The van der Waals surface area contributed by atoms with Gasteiger partial charge < -0.3 is 0 Å². The second-order valence-electron chi connectivity index (χ2n) is 10.4. The van der Waals surface area contributed by atoms with E-state index in [1.165, 1.54) is 11.3 Å². The van der Waals surface area contributed by atoms with Gasteiger partial charge in [0.1, 0.15) is 5.00 Å². The maximum atomic E-state index is 13.0. The highest BCUT2D eigenvalue weighted by molar-refractivity contribution is 7.23. The highest BCUT2D eigenvalue weighted by Crippen LogP contribution is 2.45. The molecule has 0 radical (unpaired) electrons. The lowest BCUT2D eigenvalue weighted by Gasteiger charge is -2.20. The minimum atomic E-state index is -0.225. The van der Waals surface area contributed by atoms with Crippen LogP contribution in [-0.4, -0.2) is 28.8 Å². The molecule has 2 heterocycles. The maximum Gasteiger partial charge on any atom is 0.197 e. The Labute approximate surface area is 226 Å². The van der Waals surface area contributed by atoms with Gasteiger partial charge in [-0.2, -0.15) is 0 Å². The number of thiophene rings is 2. The number of aryl methyl sites for hydroxylation is 2. The third kappa shape index (κ3) is 3.31.